The molecule has 1 aliphatic heterocycles. The van der Waals surface area contributed by atoms with Gasteiger partial charge in [-0.15, -0.1) is 11.3 Å². The molecule has 3 heterocycles. The van der Waals surface area contributed by atoms with E-state index in [1.807, 2.05) is 12.1 Å². The van der Waals surface area contributed by atoms with E-state index < -0.39 is 15.9 Å². The molecular formula is C23H28Cl2N4O3S3. The second-order valence-corrected chi connectivity index (χ2v) is 13.7. The topological polar surface area (TPSA) is 73.8 Å². The van der Waals surface area contributed by atoms with E-state index in [9.17, 15) is 13.2 Å². The first-order valence-electron chi connectivity index (χ1n) is 11.6. The molecule has 1 aliphatic rings. The molecule has 1 atom stereocenters. The second-order valence-electron chi connectivity index (χ2n) is 8.36. The van der Waals surface area contributed by atoms with Crippen LogP contribution in [0.15, 0.2) is 34.5 Å². The molecule has 1 saturated heterocycles. The van der Waals surface area contributed by atoms with E-state index in [1.165, 1.54) is 21.7 Å². The summed E-state index contributed by atoms with van der Waals surface area (Å²) in [6.07, 6.45) is 1.24. The van der Waals surface area contributed by atoms with Crippen LogP contribution in [-0.2, 0) is 14.8 Å². The molecule has 35 heavy (non-hydrogen) atoms. The Kier molecular flexibility index (Phi) is 8.73. The summed E-state index contributed by atoms with van der Waals surface area (Å²) in [4.78, 5) is 22.5. The number of carbonyl (C=O) groups excluding carboxylic acids is 1. The number of thiophene rings is 1. The first-order chi connectivity index (χ1) is 16.7. The minimum atomic E-state index is -3.70. The quantitative estimate of drug-likeness (QED) is 0.340. The van der Waals surface area contributed by atoms with Crippen molar-refractivity contribution in [3.8, 4) is 0 Å². The van der Waals surface area contributed by atoms with Crippen molar-refractivity contribution in [1.82, 2.24) is 14.2 Å². The number of sulfonamides is 1. The summed E-state index contributed by atoms with van der Waals surface area (Å²) in [5, 5.41) is 1.14. The van der Waals surface area contributed by atoms with Crippen LogP contribution < -0.4 is 4.90 Å². The highest BCUT2D eigenvalue weighted by Gasteiger charge is 2.36. The number of hydrogen-bond acceptors (Lipinski definition) is 7. The van der Waals surface area contributed by atoms with Crippen LogP contribution in [0.1, 0.15) is 26.7 Å². The number of aromatic nitrogens is 1. The molecule has 1 fully saturated rings. The average Bonchev–Trinajstić information content (AvgIpc) is 3.49. The highest BCUT2D eigenvalue weighted by atomic mass is 35.5. The van der Waals surface area contributed by atoms with Crippen LogP contribution in [0.3, 0.4) is 0 Å². The number of anilines is 1. The van der Waals surface area contributed by atoms with E-state index in [4.69, 9.17) is 28.2 Å². The zero-order valence-corrected chi connectivity index (χ0v) is 23.6. The molecular weight excluding hydrogens is 547 g/mol. The van der Waals surface area contributed by atoms with Gasteiger partial charge in [-0.3, -0.25) is 9.69 Å². The molecule has 12 heteroatoms. The van der Waals surface area contributed by atoms with Crippen molar-refractivity contribution < 1.29 is 13.2 Å². The number of halogens is 2. The first kappa shape index (κ1) is 26.8. The number of nitrogens with zero attached hydrogens (tertiary/aromatic N) is 4. The third-order valence-corrected chi connectivity index (χ3v) is 11.2. The van der Waals surface area contributed by atoms with Gasteiger partial charge in [0.2, 0.25) is 5.91 Å². The van der Waals surface area contributed by atoms with E-state index in [1.54, 1.807) is 17.0 Å². The number of rotatable bonds is 9. The van der Waals surface area contributed by atoms with Gasteiger partial charge >= 0.3 is 0 Å². The lowest BCUT2D eigenvalue weighted by Crippen LogP contribution is -2.48. The van der Waals surface area contributed by atoms with Crippen LogP contribution in [0.4, 0.5) is 5.13 Å². The van der Waals surface area contributed by atoms with Crippen molar-refractivity contribution in [3.05, 3.63) is 39.7 Å². The Bertz CT molecular complexity index is 1290. The summed E-state index contributed by atoms with van der Waals surface area (Å²) >= 11 is 14.8. The van der Waals surface area contributed by atoms with Gasteiger partial charge in [0.25, 0.3) is 10.0 Å². The van der Waals surface area contributed by atoms with Crippen LogP contribution in [0.25, 0.3) is 10.2 Å². The first-order valence-corrected chi connectivity index (χ1v) is 15.4. The molecule has 190 valence electrons. The summed E-state index contributed by atoms with van der Waals surface area (Å²) in [6.45, 7) is 7.64. The van der Waals surface area contributed by atoms with Crippen molar-refractivity contribution in [1.29, 1.82) is 0 Å². The van der Waals surface area contributed by atoms with Gasteiger partial charge < -0.3 is 4.90 Å². The predicted octanol–water partition coefficient (Wildman–Crippen LogP) is 5.44. The lowest BCUT2D eigenvalue weighted by molar-refractivity contribution is -0.123. The summed E-state index contributed by atoms with van der Waals surface area (Å²) < 4.78 is 29.3. The fraction of sp³-hybridized carbons (Fsp3) is 0.478. The van der Waals surface area contributed by atoms with Crippen LogP contribution >= 0.6 is 45.9 Å². The number of amides is 1. The van der Waals surface area contributed by atoms with Gasteiger partial charge in [-0.25, -0.2) is 13.4 Å². The number of likely N-dealkylation sites (N-methyl/N-ethyl adjacent to an activating group) is 1. The van der Waals surface area contributed by atoms with Crippen LogP contribution in [-0.4, -0.2) is 67.8 Å². The number of thiazole rings is 1. The maximum absolute atomic E-state index is 13.9. The van der Waals surface area contributed by atoms with E-state index in [0.717, 1.165) is 29.1 Å². The molecule has 0 radical (unpaired) electrons. The number of para-hydroxylation sites is 1. The summed E-state index contributed by atoms with van der Waals surface area (Å²) in [5.74, 6) is -0.551. The van der Waals surface area contributed by atoms with Gasteiger partial charge in [-0.05, 0) is 50.2 Å². The molecule has 3 aromatic rings. The van der Waals surface area contributed by atoms with Gasteiger partial charge in [-0.2, -0.15) is 4.31 Å². The van der Waals surface area contributed by atoms with Gasteiger partial charge in [0.15, 0.2) is 5.13 Å². The standard InChI is InChI=1S/C23H28Cl2N4O3S3/c1-3-27(4-2)13-14-29(23-26-21-17(24)8-5-9-18(21)33-23)22(30)16-7-6-12-28(15-16)35(31,32)20-11-10-19(25)34-20/h5,8-11,16H,3-4,6-7,12-15H2,1-2H3. The van der Waals surface area contributed by atoms with Crippen molar-refractivity contribution in [2.75, 3.05) is 44.2 Å². The fourth-order valence-corrected chi connectivity index (χ4v) is 8.70. The number of hydrogen-bond donors (Lipinski definition) is 0. The summed E-state index contributed by atoms with van der Waals surface area (Å²) in [5.41, 5.74) is 0.678. The van der Waals surface area contributed by atoms with Crippen molar-refractivity contribution in [3.63, 3.8) is 0 Å². The van der Waals surface area contributed by atoms with Crippen LogP contribution in [0, 0.1) is 5.92 Å². The average molecular weight is 576 g/mol. The normalized spacial score (nSPS) is 17.3. The molecule has 1 aromatic carbocycles. The van der Waals surface area contributed by atoms with Gasteiger partial charge in [0, 0.05) is 26.2 Å². The fourth-order valence-electron chi connectivity index (χ4n) is 4.25. The zero-order chi connectivity index (χ0) is 25.2. The number of fused-ring (bicyclic) bond motifs is 1. The van der Waals surface area contributed by atoms with Gasteiger partial charge in [-0.1, -0.05) is 54.5 Å². The van der Waals surface area contributed by atoms with E-state index >= 15 is 0 Å². The number of carbonyl (C=O) groups is 1. The monoisotopic (exact) mass is 574 g/mol. The highest BCUT2D eigenvalue weighted by Crippen LogP contribution is 2.35. The molecule has 2 aromatic heterocycles. The summed E-state index contributed by atoms with van der Waals surface area (Å²) in [6, 6.07) is 8.70. The van der Waals surface area contributed by atoms with Crippen LogP contribution in [0.5, 0.6) is 0 Å². The Morgan fingerprint density at radius 2 is 1.91 bits per heavy atom. The molecule has 0 bridgehead atoms. The minimum absolute atomic E-state index is 0.101. The maximum Gasteiger partial charge on any atom is 0.252 e. The lowest BCUT2D eigenvalue weighted by Gasteiger charge is -2.34. The molecule has 1 unspecified atom stereocenters. The third-order valence-electron chi connectivity index (χ3n) is 6.27. The molecule has 1 amide bonds. The van der Waals surface area contributed by atoms with Crippen molar-refractivity contribution >= 4 is 77.2 Å². The van der Waals surface area contributed by atoms with Crippen LogP contribution in [0.2, 0.25) is 9.36 Å². The van der Waals surface area contributed by atoms with Gasteiger partial charge in [0.1, 0.15) is 9.73 Å². The Hall–Kier alpha value is -1.27. The lowest BCUT2D eigenvalue weighted by atomic mass is 9.98. The Labute approximate surface area is 224 Å². The maximum atomic E-state index is 13.9. The van der Waals surface area contributed by atoms with Crippen molar-refractivity contribution in [2.24, 2.45) is 5.92 Å². The molecule has 7 nitrogen and oxygen atoms in total. The van der Waals surface area contributed by atoms with Gasteiger partial charge in [0.05, 0.1) is 20.0 Å². The Morgan fingerprint density at radius 3 is 2.57 bits per heavy atom. The SMILES string of the molecule is CCN(CC)CCN(C(=O)C1CCCN(S(=O)(=O)c2ccc(Cl)s2)C1)c1nc2c(Cl)cccc2s1. The van der Waals surface area contributed by atoms with E-state index in [-0.39, 0.29) is 16.7 Å². The largest absolute Gasteiger partial charge is 0.302 e. The Balaban J connectivity index is 1.60. The minimum Gasteiger partial charge on any atom is -0.302 e. The molecule has 0 saturated carbocycles. The highest BCUT2D eigenvalue weighted by molar-refractivity contribution is 7.91. The predicted molar refractivity (Wildman–Crippen MR) is 146 cm³/mol. The molecule has 4 rings (SSSR count). The van der Waals surface area contributed by atoms with Crippen molar-refractivity contribution in [2.45, 2.75) is 30.9 Å². The van der Waals surface area contributed by atoms with E-state index in [0.29, 0.717) is 52.5 Å². The molecule has 0 N–H and O–H groups in total. The summed E-state index contributed by atoms with van der Waals surface area (Å²) in [7, 11) is -3.70. The van der Waals surface area contributed by atoms with E-state index in [2.05, 4.69) is 18.7 Å². The third kappa shape index (κ3) is 5.84. The Morgan fingerprint density at radius 1 is 1.14 bits per heavy atom. The molecule has 0 aliphatic carbocycles. The second kappa shape index (κ2) is 11.4. The molecule has 0 spiro atoms. The smallest absolute Gasteiger partial charge is 0.252 e. The number of benzene rings is 1. The number of piperidine rings is 1. The zero-order valence-electron chi connectivity index (χ0n) is 19.6.